The zero-order chi connectivity index (χ0) is 11.7. The lowest BCUT2D eigenvalue weighted by atomic mass is 10.3. The van der Waals surface area contributed by atoms with Crippen LogP contribution in [0.3, 0.4) is 0 Å². The summed E-state index contributed by atoms with van der Waals surface area (Å²) in [6.45, 7) is 0. The minimum atomic E-state index is -0.877. The van der Waals surface area contributed by atoms with Crippen LogP contribution < -0.4 is 0 Å². The van der Waals surface area contributed by atoms with Gasteiger partial charge in [-0.2, -0.15) is 0 Å². The topological polar surface area (TPSA) is 86.3 Å². The highest BCUT2D eigenvalue weighted by atomic mass is 35.5. The van der Waals surface area contributed by atoms with Crippen molar-refractivity contribution in [2.45, 2.75) is 0 Å². The van der Waals surface area contributed by atoms with Crippen molar-refractivity contribution >= 4 is 46.2 Å². The minimum absolute atomic E-state index is 0.403. The van der Waals surface area contributed by atoms with Gasteiger partial charge in [0.15, 0.2) is 0 Å². The third kappa shape index (κ3) is 2.11. The third-order valence-corrected chi connectivity index (χ3v) is 2.84. The van der Waals surface area contributed by atoms with Crippen molar-refractivity contribution in [3.63, 3.8) is 0 Å². The molecule has 0 aliphatic rings. The van der Waals surface area contributed by atoms with Gasteiger partial charge in [-0.3, -0.25) is 20.2 Å². The Balaban J connectivity index is 3.59. The highest BCUT2D eigenvalue weighted by Crippen LogP contribution is 2.42. The lowest BCUT2D eigenvalue weighted by Crippen LogP contribution is -1.95. The summed E-state index contributed by atoms with van der Waals surface area (Å²) in [5.74, 6) is 0. The molecule has 1 rings (SSSR count). The number of nitrogens with zero attached hydrogens (tertiary/aromatic N) is 2. The molecule has 1 aromatic rings. The molecule has 0 aliphatic heterocycles. The second-order valence-electron chi connectivity index (χ2n) is 2.37. The average Bonchev–Trinajstić information content (AvgIpc) is 2.13. The molecule has 0 heterocycles. The Kier molecular flexibility index (Phi) is 3.33. The van der Waals surface area contributed by atoms with Crippen LogP contribution in [0.1, 0.15) is 0 Å². The zero-order valence-corrected chi connectivity index (χ0v) is 9.01. The van der Waals surface area contributed by atoms with Gasteiger partial charge in [0, 0.05) is 0 Å². The molecule has 0 N–H and O–H groups in total. The van der Waals surface area contributed by atoms with E-state index in [0.29, 0.717) is 6.07 Å². The van der Waals surface area contributed by atoms with E-state index < -0.39 is 36.3 Å². The molecule has 0 aliphatic carbocycles. The highest BCUT2D eigenvalue weighted by Gasteiger charge is 2.27. The first kappa shape index (κ1) is 12.0. The number of hydrogen-bond acceptors (Lipinski definition) is 4. The van der Waals surface area contributed by atoms with Gasteiger partial charge in [0.1, 0.15) is 10.0 Å². The maximum absolute atomic E-state index is 10.5. The van der Waals surface area contributed by atoms with Crippen LogP contribution in [-0.4, -0.2) is 9.85 Å². The summed E-state index contributed by atoms with van der Waals surface area (Å²) in [4.78, 5) is 19.2. The number of hydrogen-bond donors (Lipinski definition) is 0. The number of rotatable bonds is 2. The van der Waals surface area contributed by atoms with Crippen LogP contribution in [0.5, 0.6) is 0 Å². The first-order chi connectivity index (χ1) is 6.86. The molecule has 0 saturated heterocycles. The molecule has 15 heavy (non-hydrogen) atoms. The molecule has 0 unspecified atom stereocenters. The summed E-state index contributed by atoms with van der Waals surface area (Å²) in [7, 11) is 0. The predicted molar refractivity (Wildman–Crippen MR) is 54.8 cm³/mol. The van der Waals surface area contributed by atoms with Gasteiger partial charge in [-0.05, 0) is 0 Å². The van der Waals surface area contributed by atoms with Crippen LogP contribution in [0.2, 0.25) is 15.1 Å². The summed E-state index contributed by atoms with van der Waals surface area (Å²) >= 11 is 16.5. The number of nitro benzene ring substituents is 2. The molecule has 0 aromatic heterocycles. The molecular formula is C6HCl3N2O4. The number of nitro groups is 2. The van der Waals surface area contributed by atoms with E-state index in [0.717, 1.165) is 0 Å². The number of benzene rings is 1. The van der Waals surface area contributed by atoms with E-state index in [1.54, 1.807) is 0 Å². The fourth-order valence-corrected chi connectivity index (χ4v) is 1.52. The van der Waals surface area contributed by atoms with E-state index in [1.807, 2.05) is 0 Å². The molecule has 80 valence electrons. The van der Waals surface area contributed by atoms with Gasteiger partial charge >= 0.3 is 0 Å². The van der Waals surface area contributed by atoms with Gasteiger partial charge in [-0.1, -0.05) is 34.8 Å². The summed E-state index contributed by atoms with van der Waals surface area (Å²) in [5.41, 5.74) is -1.31. The Morgan fingerprint density at radius 1 is 0.867 bits per heavy atom. The van der Waals surface area contributed by atoms with E-state index in [9.17, 15) is 20.2 Å². The molecule has 0 bridgehead atoms. The molecule has 1 aromatic carbocycles. The second-order valence-corrected chi connectivity index (χ2v) is 3.50. The summed E-state index contributed by atoms with van der Waals surface area (Å²) in [6, 6.07) is 0.663. The zero-order valence-electron chi connectivity index (χ0n) is 6.74. The van der Waals surface area contributed by atoms with Crippen molar-refractivity contribution in [3.8, 4) is 0 Å². The Morgan fingerprint density at radius 3 is 1.47 bits per heavy atom. The predicted octanol–water partition coefficient (Wildman–Crippen LogP) is 3.46. The maximum atomic E-state index is 10.5. The molecule has 0 atom stereocenters. The smallest absolute Gasteiger partial charge is 0.258 e. The molecule has 0 radical (unpaired) electrons. The van der Waals surface area contributed by atoms with E-state index in [2.05, 4.69) is 0 Å². The van der Waals surface area contributed by atoms with Gasteiger partial charge in [0.2, 0.25) is 0 Å². The van der Waals surface area contributed by atoms with Gasteiger partial charge in [-0.15, -0.1) is 0 Å². The normalized spacial score (nSPS) is 10.1. The van der Waals surface area contributed by atoms with E-state index in [1.165, 1.54) is 0 Å². The first-order valence-electron chi connectivity index (χ1n) is 3.32. The fourth-order valence-electron chi connectivity index (χ4n) is 0.843. The Labute approximate surface area is 97.6 Å². The molecule has 6 nitrogen and oxygen atoms in total. The van der Waals surface area contributed by atoms with Crippen molar-refractivity contribution in [1.29, 1.82) is 0 Å². The lowest BCUT2D eigenvalue weighted by Gasteiger charge is -2.01. The highest BCUT2D eigenvalue weighted by molar-refractivity contribution is 6.49. The molecule has 0 fully saturated rings. The van der Waals surface area contributed by atoms with E-state index in [4.69, 9.17) is 34.8 Å². The maximum Gasteiger partial charge on any atom is 0.296 e. The molecule has 9 heteroatoms. The molecular weight excluding hydrogens is 270 g/mol. The third-order valence-electron chi connectivity index (χ3n) is 1.50. The van der Waals surface area contributed by atoms with Crippen molar-refractivity contribution in [2.24, 2.45) is 0 Å². The van der Waals surface area contributed by atoms with Gasteiger partial charge in [0.05, 0.1) is 20.9 Å². The number of halogens is 3. The summed E-state index contributed by atoms with van der Waals surface area (Å²) in [6.07, 6.45) is 0. The van der Waals surface area contributed by atoms with Crippen molar-refractivity contribution in [2.75, 3.05) is 0 Å². The summed E-state index contributed by atoms with van der Waals surface area (Å²) < 4.78 is 0. The van der Waals surface area contributed by atoms with Crippen LogP contribution in [0.15, 0.2) is 6.07 Å². The molecule has 0 spiro atoms. The van der Waals surface area contributed by atoms with Gasteiger partial charge in [0.25, 0.3) is 11.4 Å². The van der Waals surface area contributed by atoms with Crippen molar-refractivity contribution < 1.29 is 9.85 Å². The monoisotopic (exact) mass is 270 g/mol. The van der Waals surface area contributed by atoms with E-state index >= 15 is 0 Å². The van der Waals surface area contributed by atoms with Crippen molar-refractivity contribution in [1.82, 2.24) is 0 Å². The largest absolute Gasteiger partial charge is 0.296 e. The van der Waals surface area contributed by atoms with Crippen LogP contribution >= 0.6 is 34.8 Å². The van der Waals surface area contributed by atoms with Crippen molar-refractivity contribution in [3.05, 3.63) is 41.4 Å². The SMILES string of the molecule is O=[N+]([O-])c1cc([N+](=O)[O-])c(Cl)c(Cl)c1Cl. The van der Waals surface area contributed by atoms with Gasteiger partial charge < -0.3 is 0 Å². The Bertz CT molecular complexity index is 424. The lowest BCUT2D eigenvalue weighted by molar-refractivity contribution is -0.394. The van der Waals surface area contributed by atoms with E-state index in [-0.39, 0.29) is 0 Å². The quantitative estimate of drug-likeness (QED) is 0.468. The van der Waals surface area contributed by atoms with Crippen LogP contribution in [-0.2, 0) is 0 Å². The Hall–Kier alpha value is -1.11. The van der Waals surface area contributed by atoms with Gasteiger partial charge in [-0.25, -0.2) is 0 Å². The van der Waals surface area contributed by atoms with Crippen LogP contribution in [0.4, 0.5) is 11.4 Å². The standard InChI is InChI=1S/C6HCl3N2O4/c7-4-2(10(12)13)1-3(11(14)15)5(8)6(4)9/h1H. The molecule has 0 saturated carbocycles. The second kappa shape index (κ2) is 4.18. The molecule has 0 amide bonds. The Morgan fingerprint density at radius 2 is 1.20 bits per heavy atom. The fraction of sp³-hybridized carbons (Fsp3) is 0. The average molecular weight is 271 g/mol. The van der Waals surface area contributed by atoms with Crippen LogP contribution in [0.25, 0.3) is 0 Å². The summed E-state index contributed by atoms with van der Waals surface area (Å²) in [5, 5.41) is 19.7. The van der Waals surface area contributed by atoms with Crippen LogP contribution in [0, 0.1) is 20.2 Å². The minimum Gasteiger partial charge on any atom is -0.258 e. The first-order valence-corrected chi connectivity index (χ1v) is 4.46.